The topological polar surface area (TPSA) is 148 Å². The fourth-order valence-corrected chi connectivity index (χ4v) is 5.12. The molecule has 1 N–H and O–H groups in total. The molecule has 0 spiro atoms. The number of sulfone groups is 1. The average Bonchev–Trinajstić information content (AvgIpc) is 3.45. The maximum Gasteiger partial charge on any atom is 0.417 e. The van der Waals surface area contributed by atoms with E-state index in [0.717, 1.165) is 10.6 Å². The molecular formula is C23H21F3N8O3S. The minimum atomic E-state index is -4.65. The van der Waals surface area contributed by atoms with E-state index in [-0.39, 0.29) is 46.2 Å². The number of fused-ring (bicyclic) bond motifs is 2. The molecule has 1 fully saturated rings. The number of hydrogen-bond acceptors (Lipinski definition) is 8. The van der Waals surface area contributed by atoms with Crippen molar-refractivity contribution in [3.63, 3.8) is 0 Å². The fourth-order valence-electron chi connectivity index (χ4n) is 4.14. The summed E-state index contributed by atoms with van der Waals surface area (Å²) in [6.45, 7) is 3.14. The van der Waals surface area contributed by atoms with E-state index in [1.807, 2.05) is 0 Å². The highest BCUT2D eigenvalue weighted by Gasteiger charge is 2.43. The normalized spacial score (nSPS) is 15.1. The molecule has 0 radical (unpaired) electrons. The van der Waals surface area contributed by atoms with Crippen molar-refractivity contribution in [3.05, 3.63) is 35.3 Å². The number of aromatic nitrogens is 6. The van der Waals surface area contributed by atoms with Gasteiger partial charge in [-0.25, -0.2) is 27.9 Å². The van der Waals surface area contributed by atoms with Gasteiger partial charge in [-0.3, -0.25) is 4.79 Å². The number of aryl methyl sites for hydroxylation is 2. The first kappa shape index (κ1) is 25.6. The summed E-state index contributed by atoms with van der Waals surface area (Å²) in [5.41, 5.74) is -1.32. The Bertz CT molecular complexity index is 1780. The molecule has 1 saturated carbocycles. The molecule has 0 unspecified atom stereocenters. The number of carbonyl (C=O) groups excluding carboxylic acids is 1. The van der Waals surface area contributed by atoms with Gasteiger partial charge in [0.15, 0.2) is 26.2 Å². The van der Waals surface area contributed by atoms with Crippen LogP contribution in [0.2, 0.25) is 0 Å². The van der Waals surface area contributed by atoms with Crippen molar-refractivity contribution in [1.82, 2.24) is 34.4 Å². The maximum absolute atomic E-state index is 13.3. The Morgan fingerprint density at radius 2 is 1.92 bits per heavy atom. The molecule has 198 valence electrons. The Labute approximate surface area is 214 Å². The number of nitriles is 1. The molecule has 0 saturated heterocycles. The van der Waals surface area contributed by atoms with Crippen molar-refractivity contribution < 1.29 is 26.4 Å². The summed E-state index contributed by atoms with van der Waals surface area (Å²) >= 11 is 0. The summed E-state index contributed by atoms with van der Waals surface area (Å²) in [5, 5.41) is 15.9. The van der Waals surface area contributed by atoms with Crippen LogP contribution in [0.1, 0.15) is 41.4 Å². The number of nitrogens with zero attached hydrogens (tertiary/aromatic N) is 7. The molecule has 1 aliphatic carbocycles. The highest BCUT2D eigenvalue weighted by molar-refractivity contribution is 7.91. The standard InChI is InChI=1S/C23H21F3N8O3S/c1-4-38(36,37)21-15(19-31-14-7-13(23(24,25)26)9-29-17(14)33(19)3)18-28-8-12(2)16(34(18)32-21)20(35)30-11-22(10-27)5-6-22/h7-9H,4-6,11H2,1-3H3,(H,30,35). The summed E-state index contributed by atoms with van der Waals surface area (Å²) < 4.78 is 68.4. The minimum absolute atomic E-state index is 0.0128. The number of imidazole rings is 1. The van der Waals surface area contributed by atoms with Gasteiger partial charge in [-0.05, 0) is 31.4 Å². The zero-order chi connectivity index (χ0) is 27.6. The maximum atomic E-state index is 13.3. The van der Waals surface area contributed by atoms with Gasteiger partial charge < -0.3 is 9.88 Å². The molecule has 4 aromatic rings. The summed E-state index contributed by atoms with van der Waals surface area (Å²) in [6.07, 6.45) is -1.28. The van der Waals surface area contributed by atoms with Crippen molar-refractivity contribution in [2.24, 2.45) is 12.5 Å². The summed E-state index contributed by atoms with van der Waals surface area (Å²) in [6, 6.07) is 3.01. The third kappa shape index (κ3) is 4.05. The molecule has 5 rings (SSSR count). The molecule has 0 aromatic carbocycles. The van der Waals surface area contributed by atoms with Crippen LogP contribution >= 0.6 is 0 Å². The first-order valence-corrected chi connectivity index (χ1v) is 13.2. The summed E-state index contributed by atoms with van der Waals surface area (Å²) in [4.78, 5) is 25.7. The molecule has 4 heterocycles. The number of alkyl halides is 3. The van der Waals surface area contributed by atoms with Crippen molar-refractivity contribution in [2.75, 3.05) is 12.3 Å². The quantitative estimate of drug-likeness (QED) is 0.388. The van der Waals surface area contributed by atoms with Crippen LogP contribution in [0.15, 0.2) is 23.5 Å². The van der Waals surface area contributed by atoms with E-state index < -0.39 is 37.9 Å². The van der Waals surface area contributed by atoms with Crippen LogP contribution in [0, 0.1) is 23.7 Å². The first-order chi connectivity index (χ1) is 17.8. The van der Waals surface area contributed by atoms with Crippen LogP contribution in [0.3, 0.4) is 0 Å². The Morgan fingerprint density at radius 1 is 1.24 bits per heavy atom. The number of rotatable bonds is 6. The number of halogens is 3. The molecular weight excluding hydrogens is 525 g/mol. The highest BCUT2D eigenvalue weighted by Crippen LogP contribution is 2.44. The van der Waals surface area contributed by atoms with Crippen LogP contribution < -0.4 is 5.32 Å². The Morgan fingerprint density at radius 3 is 2.53 bits per heavy atom. The molecule has 38 heavy (non-hydrogen) atoms. The lowest BCUT2D eigenvalue weighted by molar-refractivity contribution is -0.137. The summed E-state index contributed by atoms with van der Waals surface area (Å²) in [5.74, 6) is -0.944. The van der Waals surface area contributed by atoms with Crippen molar-refractivity contribution in [2.45, 2.75) is 37.9 Å². The van der Waals surface area contributed by atoms with Gasteiger partial charge in [0.05, 0.1) is 22.8 Å². The number of nitrogens with one attached hydrogen (secondary N) is 1. The van der Waals surface area contributed by atoms with Crippen molar-refractivity contribution in [3.8, 4) is 17.5 Å². The lowest BCUT2D eigenvalue weighted by Crippen LogP contribution is -2.32. The minimum Gasteiger partial charge on any atom is -0.349 e. The van der Waals surface area contributed by atoms with E-state index >= 15 is 0 Å². The van der Waals surface area contributed by atoms with Gasteiger partial charge in [0.25, 0.3) is 5.91 Å². The third-order valence-electron chi connectivity index (χ3n) is 6.62. The van der Waals surface area contributed by atoms with E-state index in [4.69, 9.17) is 0 Å². The fraction of sp³-hybridized carbons (Fsp3) is 0.391. The van der Waals surface area contributed by atoms with E-state index in [1.54, 1.807) is 6.92 Å². The first-order valence-electron chi connectivity index (χ1n) is 11.5. The Hall–Kier alpha value is -4.06. The third-order valence-corrected chi connectivity index (χ3v) is 8.26. The van der Waals surface area contributed by atoms with Crippen LogP contribution in [-0.4, -0.2) is 55.8 Å². The number of carbonyl (C=O) groups is 1. The van der Waals surface area contributed by atoms with Crippen LogP contribution in [0.5, 0.6) is 0 Å². The molecule has 0 aliphatic heterocycles. The lowest BCUT2D eigenvalue weighted by Gasteiger charge is -2.11. The second-order valence-corrected chi connectivity index (χ2v) is 11.4. The van der Waals surface area contributed by atoms with Crippen molar-refractivity contribution in [1.29, 1.82) is 5.26 Å². The van der Waals surface area contributed by atoms with E-state index in [2.05, 4.69) is 31.4 Å². The van der Waals surface area contributed by atoms with Gasteiger partial charge in [-0.2, -0.15) is 23.5 Å². The molecule has 1 aliphatic rings. The van der Waals surface area contributed by atoms with Gasteiger partial charge in [0, 0.05) is 26.0 Å². The molecule has 1 amide bonds. The van der Waals surface area contributed by atoms with Crippen LogP contribution in [0.4, 0.5) is 13.2 Å². The summed E-state index contributed by atoms with van der Waals surface area (Å²) in [7, 11) is -2.53. The largest absolute Gasteiger partial charge is 0.417 e. The monoisotopic (exact) mass is 546 g/mol. The molecule has 4 aromatic heterocycles. The molecule has 15 heteroatoms. The smallest absolute Gasteiger partial charge is 0.349 e. The highest BCUT2D eigenvalue weighted by atomic mass is 32.2. The Balaban J connectivity index is 1.74. The molecule has 0 atom stereocenters. The van der Waals surface area contributed by atoms with Crippen molar-refractivity contribution >= 4 is 32.6 Å². The Kier molecular flexibility index (Phi) is 5.71. The van der Waals surface area contributed by atoms with Crippen LogP contribution in [-0.2, 0) is 23.1 Å². The average molecular weight is 547 g/mol. The van der Waals surface area contributed by atoms with Gasteiger partial charge in [0.2, 0.25) is 0 Å². The number of pyridine rings is 1. The van der Waals surface area contributed by atoms with E-state index in [1.165, 1.54) is 24.7 Å². The zero-order valence-electron chi connectivity index (χ0n) is 20.5. The van der Waals surface area contributed by atoms with E-state index in [0.29, 0.717) is 24.6 Å². The predicted molar refractivity (Wildman–Crippen MR) is 128 cm³/mol. The van der Waals surface area contributed by atoms with Gasteiger partial charge in [0.1, 0.15) is 22.6 Å². The number of hydrogen-bond donors (Lipinski definition) is 1. The zero-order valence-corrected chi connectivity index (χ0v) is 21.3. The second-order valence-electron chi connectivity index (χ2n) is 9.24. The lowest BCUT2D eigenvalue weighted by atomic mass is 10.1. The van der Waals surface area contributed by atoms with E-state index in [9.17, 15) is 31.6 Å². The predicted octanol–water partition coefficient (Wildman–Crippen LogP) is 2.83. The molecule has 0 bridgehead atoms. The van der Waals surface area contributed by atoms with Gasteiger partial charge >= 0.3 is 6.18 Å². The van der Waals surface area contributed by atoms with Gasteiger partial charge in [-0.1, -0.05) is 6.92 Å². The van der Waals surface area contributed by atoms with Gasteiger partial charge in [-0.15, -0.1) is 0 Å². The van der Waals surface area contributed by atoms with Crippen LogP contribution in [0.25, 0.3) is 28.2 Å². The SMILES string of the molecule is CCS(=O)(=O)c1nn2c(C(=O)NCC3(C#N)CC3)c(C)cnc2c1-c1nc2cc(C(F)(F)F)cnc2n1C. The molecule has 11 nitrogen and oxygen atoms in total. The second kappa shape index (κ2) is 8.48. The number of amides is 1.